The van der Waals surface area contributed by atoms with E-state index in [0.29, 0.717) is 12.1 Å². The van der Waals surface area contributed by atoms with Gasteiger partial charge in [0.15, 0.2) is 0 Å². The van der Waals surface area contributed by atoms with Gasteiger partial charge in [-0.25, -0.2) is 0 Å². The summed E-state index contributed by atoms with van der Waals surface area (Å²) in [6.45, 7) is 6.27. The summed E-state index contributed by atoms with van der Waals surface area (Å²) in [5.74, 6) is 0.756. The fraction of sp³-hybridized carbons (Fsp3) is 0.529. The summed E-state index contributed by atoms with van der Waals surface area (Å²) in [5.41, 5.74) is 3.04. The Hall–Kier alpha value is -1.24. The number of fused-ring (bicyclic) bond motifs is 3. The van der Waals surface area contributed by atoms with Gasteiger partial charge in [-0.1, -0.05) is 43.5 Å². The maximum atomic E-state index is 4.00. The molecule has 1 heterocycles. The SMILES string of the molecule is C=C[C@H](C)N1c2ccccc2C2CCCCCC21. The van der Waals surface area contributed by atoms with Crippen molar-refractivity contribution in [3.63, 3.8) is 0 Å². The zero-order valence-corrected chi connectivity index (χ0v) is 11.3. The van der Waals surface area contributed by atoms with Gasteiger partial charge in [-0.3, -0.25) is 0 Å². The van der Waals surface area contributed by atoms with Crippen molar-refractivity contribution in [1.82, 2.24) is 0 Å². The summed E-state index contributed by atoms with van der Waals surface area (Å²) in [6, 6.07) is 10.2. The summed E-state index contributed by atoms with van der Waals surface area (Å²) < 4.78 is 0. The summed E-state index contributed by atoms with van der Waals surface area (Å²) in [5, 5.41) is 0. The smallest absolute Gasteiger partial charge is 0.0445 e. The van der Waals surface area contributed by atoms with Gasteiger partial charge in [0, 0.05) is 23.7 Å². The van der Waals surface area contributed by atoms with Crippen LogP contribution in [0.4, 0.5) is 5.69 Å². The summed E-state index contributed by atoms with van der Waals surface area (Å²) in [6.07, 6.45) is 8.98. The van der Waals surface area contributed by atoms with E-state index < -0.39 is 0 Å². The fourth-order valence-corrected chi connectivity index (χ4v) is 3.83. The van der Waals surface area contributed by atoms with Crippen LogP contribution in [-0.2, 0) is 0 Å². The number of rotatable bonds is 2. The average molecular weight is 241 g/mol. The van der Waals surface area contributed by atoms with E-state index in [1.54, 1.807) is 5.56 Å². The van der Waals surface area contributed by atoms with E-state index in [0.717, 1.165) is 5.92 Å². The molecule has 1 aromatic rings. The second-order valence-corrected chi connectivity index (χ2v) is 5.75. The van der Waals surface area contributed by atoms with Gasteiger partial charge >= 0.3 is 0 Å². The van der Waals surface area contributed by atoms with E-state index in [4.69, 9.17) is 0 Å². The van der Waals surface area contributed by atoms with Crippen LogP contribution in [0.3, 0.4) is 0 Å². The first-order valence-corrected chi connectivity index (χ1v) is 7.32. The third-order valence-corrected chi connectivity index (χ3v) is 4.73. The van der Waals surface area contributed by atoms with Gasteiger partial charge in [-0.15, -0.1) is 6.58 Å². The molecule has 3 rings (SSSR count). The van der Waals surface area contributed by atoms with E-state index >= 15 is 0 Å². The Morgan fingerprint density at radius 1 is 1.22 bits per heavy atom. The molecular weight excluding hydrogens is 218 g/mol. The van der Waals surface area contributed by atoms with Crippen LogP contribution in [0, 0.1) is 0 Å². The predicted molar refractivity (Wildman–Crippen MR) is 78.2 cm³/mol. The minimum atomic E-state index is 0.444. The third kappa shape index (κ3) is 1.77. The van der Waals surface area contributed by atoms with E-state index in [-0.39, 0.29) is 0 Å². The molecule has 1 aliphatic carbocycles. The molecule has 96 valence electrons. The highest BCUT2D eigenvalue weighted by Crippen LogP contribution is 2.47. The summed E-state index contributed by atoms with van der Waals surface area (Å²) in [7, 11) is 0. The van der Waals surface area contributed by atoms with Crippen LogP contribution in [-0.4, -0.2) is 12.1 Å². The molecular formula is C17H23N. The maximum Gasteiger partial charge on any atom is 0.0445 e. The van der Waals surface area contributed by atoms with Crippen LogP contribution in [0.1, 0.15) is 50.5 Å². The highest BCUT2D eigenvalue weighted by molar-refractivity contribution is 5.63. The van der Waals surface area contributed by atoms with Crippen molar-refractivity contribution in [2.45, 2.75) is 57.0 Å². The molecule has 18 heavy (non-hydrogen) atoms. The van der Waals surface area contributed by atoms with Crippen LogP contribution >= 0.6 is 0 Å². The van der Waals surface area contributed by atoms with E-state index in [2.05, 4.69) is 48.7 Å². The van der Waals surface area contributed by atoms with Crippen LogP contribution in [0.15, 0.2) is 36.9 Å². The largest absolute Gasteiger partial charge is 0.362 e. The molecule has 0 spiro atoms. The van der Waals surface area contributed by atoms with Crippen molar-refractivity contribution in [2.75, 3.05) is 4.90 Å². The lowest BCUT2D eigenvalue weighted by Crippen LogP contribution is -2.39. The van der Waals surface area contributed by atoms with Crippen molar-refractivity contribution in [1.29, 1.82) is 0 Å². The van der Waals surface area contributed by atoms with Crippen LogP contribution in [0.2, 0.25) is 0 Å². The molecule has 0 bridgehead atoms. The number of benzene rings is 1. The van der Waals surface area contributed by atoms with Gasteiger partial charge in [-0.2, -0.15) is 0 Å². The molecule has 1 saturated carbocycles. The highest BCUT2D eigenvalue weighted by Gasteiger charge is 2.39. The summed E-state index contributed by atoms with van der Waals surface area (Å²) in [4.78, 5) is 2.62. The van der Waals surface area contributed by atoms with E-state index in [9.17, 15) is 0 Å². The normalized spacial score (nSPS) is 28.2. The lowest BCUT2D eigenvalue weighted by molar-refractivity contribution is 0.485. The zero-order chi connectivity index (χ0) is 12.5. The van der Waals surface area contributed by atoms with Crippen LogP contribution in [0.5, 0.6) is 0 Å². The predicted octanol–water partition coefficient (Wildman–Crippen LogP) is 4.50. The molecule has 2 unspecified atom stereocenters. The number of para-hydroxylation sites is 1. The lowest BCUT2D eigenvalue weighted by Gasteiger charge is -2.33. The van der Waals surface area contributed by atoms with Crippen LogP contribution < -0.4 is 4.90 Å². The minimum Gasteiger partial charge on any atom is -0.362 e. The molecule has 0 saturated heterocycles. The highest BCUT2D eigenvalue weighted by atomic mass is 15.2. The molecule has 0 radical (unpaired) electrons. The Labute approximate surface area is 111 Å². The minimum absolute atomic E-state index is 0.444. The molecule has 1 fully saturated rings. The van der Waals surface area contributed by atoms with Crippen molar-refractivity contribution < 1.29 is 0 Å². The number of anilines is 1. The topological polar surface area (TPSA) is 3.24 Å². The quantitative estimate of drug-likeness (QED) is 0.689. The maximum absolute atomic E-state index is 4.00. The van der Waals surface area contributed by atoms with Crippen molar-refractivity contribution in [3.8, 4) is 0 Å². The Morgan fingerprint density at radius 2 is 2.00 bits per heavy atom. The molecule has 1 heteroatoms. The summed E-state index contributed by atoms with van der Waals surface area (Å²) >= 11 is 0. The molecule has 1 aromatic carbocycles. The van der Waals surface area contributed by atoms with Gasteiger partial charge in [-0.05, 0) is 31.4 Å². The van der Waals surface area contributed by atoms with Gasteiger partial charge in [0.05, 0.1) is 0 Å². The molecule has 3 atom stereocenters. The number of nitrogens with zero attached hydrogens (tertiary/aromatic N) is 1. The Morgan fingerprint density at radius 3 is 2.83 bits per heavy atom. The Kier molecular flexibility index (Phi) is 3.15. The molecule has 2 aliphatic rings. The van der Waals surface area contributed by atoms with Gasteiger partial charge < -0.3 is 4.90 Å². The molecule has 1 nitrogen and oxygen atoms in total. The van der Waals surface area contributed by atoms with Gasteiger partial charge in [0.25, 0.3) is 0 Å². The second kappa shape index (κ2) is 4.79. The average Bonchev–Trinajstić information content (AvgIpc) is 2.57. The monoisotopic (exact) mass is 241 g/mol. The first-order valence-electron chi connectivity index (χ1n) is 7.32. The lowest BCUT2D eigenvalue weighted by atomic mass is 9.91. The van der Waals surface area contributed by atoms with Crippen molar-refractivity contribution in [2.24, 2.45) is 0 Å². The van der Waals surface area contributed by atoms with Crippen molar-refractivity contribution >= 4 is 5.69 Å². The Bertz CT molecular complexity index is 437. The number of hydrogen-bond donors (Lipinski definition) is 0. The standard InChI is InChI=1S/C17H23N/c1-3-13(2)18-16-11-6-4-5-9-14(16)15-10-7-8-12-17(15)18/h3,7-8,10,12-14,16H,1,4-6,9,11H2,2H3/t13-,14?,16?/m0/s1. The molecule has 0 aromatic heterocycles. The Balaban J connectivity index is 2.04. The van der Waals surface area contributed by atoms with Crippen LogP contribution in [0.25, 0.3) is 0 Å². The van der Waals surface area contributed by atoms with Gasteiger partial charge in [0.1, 0.15) is 0 Å². The third-order valence-electron chi connectivity index (χ3n) is 4.73. The van der Waals surface area contributed by atoms with Gasteiger partial charge in [0.2, 0.25) is 0 Å². The first kappa shape index (κ1) is 11.8. The second-order valence-electron chi connectivity index (χ2n) is 5.75. The van der Waals surface area contributed by atoms with E-state index in [1.165, 1.54) is 37.8 Å². The molecule has 0 N–H and O–H groups in total. The zero-order valence-electron chi connectivity index (χ0n) is 11.3. The van der Waals surface area contributed by atoms with Crippen molar-refractivity contribution in [3.05, 3.63) is 42.5 Å². The van der Waals surface area contributed by atoms with E-state index in [1.807, 2.05) is 0 Å². The number of hydrogen-bond acceptors (Lipinski definition) is 1. The molecule has 1 aliphatic heterocycles. The fourth-order valence-electron chi connectivity index (χ4n) is 3.83. The first-order chi connectivity index (χ1) is 8.83. The molecule has 0 amide bonds.